The highest BCUT2D eigenvalue weighted by molar-refractivity contribution is 7.99. The number of nitrogens with one attached hydrogen (secondary N) is 1. The summed E-state index contributed by atoms with van der Waals surface area (Å²) in [4.78, 5) is 1.40. The first-order valence-corrected chi connectivity index (χ1v) is 6.84. The van der Waals surface area contributed by atoms with Crippen LogP contribution in [-0.2, 0) is 0 Å². The molecule has 3 rings (SSSR count). The minimum atomic E-state index is 0.252. The molecule has 88 valence electrons. The van der Waals surface area contributed by atoms with E-state index in [-0.39, 0.29) is 6.04 Å². The summed E-state index contributed by atoms with van der Waals surface area (Å²) in [6.45, 7) is 2.14. The van der Waals surface area contributed by atoms with Crippen molar-refractivity contribution in [2.45, 2.75) is 23.9 Å². The quantitative estimate of drug-likeness (QED) is 0.891. The summed E-state index contributed by atoms with van der Waals surface area (Å²) in [6, 6.07) is 13.2. The third-order valence-corrected chi connectivity index (χ3v) is 4.30. The van der Waals surface area contributed by atoms with Gasteiger partial charge in [0.05, 0.1) is 12.3 Å². The predicted octanol–water partition coefficient (Wildman–Crippen LogP) is 3.78. The first kappa shape index (κ1) is 10.9. The lowest BCUT2D eigenvalue weighted by molar-refractivity contribution is 0.405. The van der Waals surface area contributed by atoms with Crippen LogP contribution in [-0.4, -0.2) is 5.75 Å². The van der Waals surface area contributed by atoms with Crippen LogP contribution in [0.2, 0.25) is 0 Å². The van der Waals surface area contributed by atoms with Gasteiger partial charge in [-0.3, -0.25) is 5.32 Å². The Morgan fingerprint density at radius 3 is 3.00 bits per heavy atom. The molecule has 0 spiro atoms. The van der Waals surface area contributed by atoms with Crippen LogP contribution in [0.15, 0.2) is 52.0 Å². The highest BCUT2D eigenvalue weighted by Crippen LogP contribution is 2.38. The average molecular weight is 245 g/mol. The summed E-state index contributed by atoms with van der Waals surface area (Å²) in [5.74, 6) is 2.10. The zero-order valence-electron chi connectivity index (χ0n) is 9.72. The molecule has 0 bridgehead atoms. The second kappa shape index (κ2) is 4.59. The maximum atomic E-state index is 5.42. The normalized spacial score (nSPS) is 20.2. The lowest BCUT2D eigenvalue weighted by Gasteiger charge is -2.18. The largest absolute Gasteiger partial charge is 0.468 e. The van der Waals surface area contributed by atoms with E-state index in [1.165, 1.54) is 10.5 Å². The molecular formula is C14H15NOS. The van der Waals surface area contributed by atoms with Crippen molar-refractivity contribution in [2.24, 2.45) is 0 Å². The van der Waals surface area contributed by atoms with Crippen LogP contribution in [0.1, 0.15) is 30.3 Å². The zero-order chi connectivity index (χ0) is 11.7. The number of thioether (sulfide) groups is 1. The molecule has 17 heavy (non-hydrogen) atoms. The molecule has 2 atom stereocenters. The summed E-state index contributed by atoms with van der Waals surface area (Å²) in [6.07, 6.45) is 1.73. The minimum absolute atomic E-state index is 0.252. The van der Waals surface area contributed by atoms with Crippen LogP contribution in [0.3, 0.4) is 0 Å². The topological polar surface area (TPSA) is 25.2 Å². The number of hydrogen-bond acceptors (Lipinski definition) is 3. The van der Waals surface area contributed by atoms with Gasteiger partial charge in [-0.1, -0.05) is 18.2 Å². The van der Waals surface area contributed by atoms with Gasteiger partial charge in [-0.15, -0.1) is 11.8 Å². The molecule has 0 amide bonds. The minimum Gasteiger partial charge on any atom is -0.468 e. The summed E-state index contributed by atoms with van der Waals surface area (Å²) in [7, 11) is 0. The second-order valence-electron chi connectivity index (χ2n) is 4.31. The van der Waals surface area contributed by atoms with Gasteiger partial charge in [-0.05, 0) is 30.7 Å². The van der Waals surface area contributed by atoms with Crippen molar-refractivity contribution in [1.82, 2.24) is 5.32 Å². The Hall–Kier alpha value is -1.19. The van der Waals surface area contributed by atoms with E-state index in [1.807, 2.05) is 23.9 Å². The first-order chi connectivity index (χ1) is 8.34. The first-order valence-electron chi connectivity index (χ1n) is 5.86. The fourth-order valence-electron chi connectivity index (χ4n) is 2.22. The molecule has 0 saturated heterocycles. The number of furan rings is 1. The molecule has 0 aliphatic carbocycles. The predicted molar refractivity (Wildman–Crippen MR) is 70.2 cm³/mol. The van der Waals surface area contributed by atoms with E-state index in [9.17, 15) is 0 Å². The van der Waals surface area contributed by atoms with Crippen LogP contribution < -0.4 is 5.32 Å². The van der Waals surface area contributed by atoms with Gasteiger partial charge in [0.25, 0.3) is 0 Å². The van der Waals surface area contributed by atoms with E-state index in [0.29, 0.717) is 6.04 Å². The van der Waals surface area contributed by atoms with Crippen molar-refractivity contribution in [3.63, 3.8) is 0 Å². The molecule has 0 saturated carbocycles. The number of fused-ring (bicyclic) bond motifs is 1. The Labute approximate surface area is 105 Å². The molecule has 1 aromatic carbocycles. The van der Waals surface area contributed by atoms with Crippen molar-refractivity contribution in [3.8, 4) is 0 Å². The number of hydrogen-bond donors (Lipinski definition) is 1. The van der Waals surface area contributed by atoms with Crippen LogP contribution in [0.25, 0.3) is 0 Å². The molecule has 2 nitrogen and oxygen atoms in total. The lowest BCUT2D eigenvalue weighted by atomic mass is 10.1. The van der Waals surface area contributed by atoms with Crippen LogP contribution in [0.5, 0.6) is 0 Å². The third-order valence-electron chi connectivity index (χ3n) is 3.12. The maximum Gasteiger partial charge on any atom is 0.120 e. The summed E-state index contributed by atoms with van der Waals surface area (Å²) in [5, 5.41) is 3.62. The second-order valence-corrected chi connectivity index (χ2v) is 5.37. The molecule has 2 unspecified atom stereocenters. The van der Waals surface area contributed by atoms with E-state index in [1.54, 1.807) is 6.26 Å². The Balaban J connectivity index is 1.75. The SMILES string of the molecule is CC(NC1CSc2ccccc21)c1ccco1. The van der Waals surface area contributed by atoms with Crippen LogP contribution >= 0.6 is 11.8 Å². The van der Waals surface area contributed by atoms with Crippen molar-refractivity contribution in [3.05, 3.63) is 54.0 Å². The van der Waals surface area contributed by atoms with Gasteiger partial charge in [0.1, 0.15) is 5.76 Å². The smallest absolute Gasteiger partial charge is 0.120 e. The summed E-state index contributed by atoms with van der Waals surface area (Å²) in [5.41, 5.74) is 1.41. The van der Waals surface area contributed by atoms with E-state index in [4.69, 9.17) is 4.42 Å². The Kier molecular flexibility index (Phi) is 2.95. The molecule has 0 fully saturated rings. The van der Waals surface area contributed by atoms with Gasteiger partial charge in [0.15, 0.2) is 0 Å². The molecule has 1 aliphatic heterocycles. The van der Waals surface area contributed by atoms with Gasteiger partial charge in [-0.2, -0.15) is 0 Å². The molecular weight excluding hydrogens is 230 g/mol. The van der Waals surface area contributed by atoms with Gasteiger partial charge in [-0.25, -0.2) is 0 Å². The Morgan fingerprint density at radius 1 is 1.29 bits per heavy atom. The van der Waals surface area contributed by atoms with E-state index in [0.717, 1.165) is 11.5 Å². The third kappa shape index (κ3) is 2.13. The average Bonchev–Trinajstić information content (AvgIpc) is 2.98. The molecule has 2 aromatic rings. The molecule has 2 heterocycles. The summed E-state index contributed by atoms with van der Waals surface area (Å²) >= 11 is 1.92. The highest BCUT2D eigenvalue weighted by Gasteiger charge is 2.24. The number of benzene rings is 1. The van der Waals surface area contributed by atoms with Crippen molar-refractivity contribution >= 4 is 11.8 Å². The molecule has 0 radical (unpaired) electrons. The maximum absolute atomic E-state index is 5.42. The fraction of sp³-hybridized carbons (Fsp3) is 0.286. The highest BCUT2D eigenvalue weighted by atomic mass is 32.2. The molecule has 1 aromatic heterocycles. The molecule has 1 N–H and O–H groups in total. The van der Waals surface area contributed by atoms with Gasteiger partial charge < -0.3 is 4.42 Å². The van der Waals surface area contributed by atoms with Crippen molar-refractivity contribution in [2.75, 3.05) is 5.75 Å². The molecule has 1 aliphatic rings. The molecule has 3 heteroatoms. The lowest BCUT2D eigenvalue weighted by Crippen LogP contribution is -2.24. The van der Waals surface area contributed by atoms with Crippen LogP contribution in [0.4, 0.5) is 0 Å². The monoisotopic (exact) mass is 245 g/mol. The van der Waals surface area contributed by atoms with Crippen molar-refractivity contribution in [1.29, 1.82) is 0 Å². The standard InChI is InChI=1S/C14H15NOS/c1-10(13-6-4-8-16-13)15-12-9-17-14-7-3-2-5-11(12)14/h2-8,10,12,15H,9H2,1H3. The van der Waals surface area contributed by atoms with E-state index in [2.05, 4.69) is 36.5 Å². The fourth-order valence-corrected chi connectivity index (χ4v) is 3.40. The summed E-state index contributed by atoms with van der Waals surface area (Å²) < 4.78 is 5.42. The van der Waals surface area contributed by atoms with Gasteiger partial charge in [0.2, 0.25) is 0 Å². The zero-order valence-corrected chi connectivity index (χ0v) is 10.5. The Bertz CT molecular complexity index is 495. The van der Waals surface area contributed by atoms with E-state index >= 15 is 0 Å². The van der Waals surface area contributed by atoms with Gasteiger partial charge >= 0.3 is 0 Å². The van der Waals surface area contributed by atoms with Crippen molar-refractivity contribution < 1.29 is 4.42 Å². The van der Waals surface area contributed by atoms with E-state index < -0.39 is 0 Å². The van der Waals surface area contributed by atoms with Crippen LogP contribution in [0, 0.1) is 0 Å². The Morgan fingerprint density at radius 2 is 2.18 bits per heavy atom. The number of rotatable bonds is 3. The van der Waals surface area contributed by atoms with Gasteiger partial charge in [0, 0.05) is 16.7 Å².